The van der Waals surface area contributed by atoms with Crippen molar-refractivity contribution in [2.24, 2.45) is 0 Å². The topological polar surface area (TPSA) is 45.2 Å². The second-order valence-electron chi connectivity index (χ2n) is 6.07. The van der Waals surface area contributed by atoms with Gasteiger partial charge in [-0.25, -0.2) is 4.98 Å². The Hall–Kier alpha value is -1.43. The fourth-order valence-electron chi connectivity index (χ4n) is 2.83. The first kappa shape index (κ1) is 18.9. The first-order chi connectivity index (χ1) is 11.2. The number of carbonyl (C=O) groups excluding carboxylic acids is 1. The highest BCUT2D eigenvalue weighted by molar-refractivity contribution is 7.13. The van der Waals surface area contributed by atoms with Gasteiger partial charge in [-0.15, -0.1) is 23.7 Å². The van der Waals surface area contributed by atoms with Crippen molar-refractivity contribution in [1.82, 2.24) is 15.2 Å². The van der Waals surface area contributed by atoms with E-state index in [1.54, 1.807) is 11.3 Å². The molecule has 1 atom stereocenters. The number of nitrogens with zero attached hydrogens (tertiary/aromatic N) is 2. The number of hydrogen-bond donors (Lipinski definition) is 1. The summed E-state index contributed by atoms with van der Waals surface area (Å²) in [5, 5.41) is 6.35. The molecule has 4 nitrogen and oxygen atoms in total. The van der Waals surface area contributed by atoms with Gasteiger partial charge in [-0.3, -0.25) is 4.79 Å². The SMILES string of the molecule is CCc1ccc(-c2nc(CC(=O)N3CCNC(C)C3)cs2)cc1.Cl. The van der Waals surface area contributed by atoms with Crippen LogP contribution in [-0.4, -0.2) is 41.5 Å². The molecule has 1 N–H and O–H groups in total. The number of rotatable bonds is 4. The molecular weight excluding hydrogens is 342 g/mol. The number of aryl methyl sites for hydroxylation is 1. The summed E-state index contributed by atoms with van der Waals surface area (Å²) in [5.74, 6) is 0.177. The lowest BCUT2D eigenvalue weighted by molar-refractivity contribution is -0.131. The maximum atomic E-state index is 12.4. The Kier molecular flexibility index (Phi) is 6.78. The van der Waals surface area contributed by atoms with Gasteiger partial charge in [-0.1, -0.05) is 31.2 Å². The summed E-state index contributed by atoms with van der Waals surface area (Å²) in [4.78, 5) is 19.0. The lowest BCUT2D eigenvalue weighted by Gasteiger charge is -2.31. The average Bonchev–Trinajstić information content (AvgIpc) is 3.03. The van der Waals surface area contributed by atoms with E-state index < -0.39 is 0 Å². The minimum Gasteiger partial charge on any atom is -0.340 e. The highest BCUT2D eigenvalue weighted by atomic mass is 35.5. The van der Waals surface area contributed by atoms with Crippen molar-refractivity contribution in [2.75, 3.05) is 19.6 Å². The monoisotopic (exact) mass is 365 g/mol. The predicted octanol–water partition coefficient (Wildman–Crippen LogP) is 3.16. The molecule has 1 amide bonds. The summed E-state index contributed by atoms with van der Waals surface area (Å²) < 4.78 is 0. The molecule has 0 aliphatic carbocycles. The van der Waals surface area contributed by atoms with E-state index in [1.807, 2.05) is 10.3 Å². The molecule has 1 fully saturated rings. The van der Waals surface area contributed by atoms with Gasteiger partial charge in [-0.2, -0.15) is 0 Å². The van der Waals surface area contributed by atoms with Crippen LogP contribution in [0.2, 0.25) is 0 Å². The Labute approximate surface area is 153 Å². The van der Waals surface area contributed by atoms with E-state index in [1.165, 1.54) is 5.56 Å². The van der Waals surface area contributed by atoms with Crippen molar-refractivity contribution < 1.29 is 4.79 Å². The molecule has 3 rings (SSSR count). The molecule has 2 heterocycles. The molecule has 1 aromatic heterocycles. The standard InChI is InChI=1S/C18H23N3OS.ClH/c1-3-14-4-6-15(7-5-14)18-20-16(12-23-18)10-17(22)21-9-8-19-13(2)11-21;/h4-7,12-13,19H,3,8-11H2,1-2H3;1H. The Morgan fingerprint density at radius 2 is 2.12 bits per heavy atom. The second-order valence-corrected chi connectivity index (χ2v) is 6.92. The number of carbonyl (C=O) groups is 1. The number of halogens is 1. The molecule has 0 radical (unpaired) electrons. The van der Waals surface area contributed by atoms with Crippen molar-refractivity contribution in [3.63, 3.8) is 0 Å². The van der Waals surface area contributed by atoms with E-state index in [-0.39, 0.29) is 18.3 Å². The number of piperazine rings is 1. The maximum absolute atomic E-state index is 12.4. The zero-order valence-electron chi connectivity index (χ0n) is 14.1. The number of amides is 1. The summed E-state index contributed by atoms with van der Waals surface area (Å²) in [7, 11) is 0. The molecule has 0 saturated carbocycles. The zero-order chi connectivity index (χ0) is 16.2. The minimum atomic E-state index is 0. The summed E-state index contributed by atoms with van der Waals surface area (Å²) in [6, 6.07) is 8.88. The van der Waals surface area contributed by atoms with Crippen LogP contribution in [0, 0.1) is 0 Å². The molecule has 1 aromatic carbocycles. The van der Waals surface area contributed by atoms with E-state index in [2.05, 4.69) is 48.4 Å². The highest BCUT2D eigenvalue weighted by Crippen LogP contribution is 2.24. The second kappa shape index (κ2) is 8.60. The van der Waals surface area contributed by atoms with Gasteiger partial charge < -0.3 is 10.2 Å². The van der Waals surface area contributed by atoms with Gasteiger partial charge in [0.05, 0.1) is 12.1 Å². The largest absolute Gasteiger partial charge is 0.340 e. The third kappa shape index (κ3) is 4.56. The molecule has 2 aromatic rings. The van der Waals surface area contributed by atoms with Crippen molar-refractivity contribution in [2.45, 2.75) is 32.7 Å². The van der Waals surface area contributed by atoms with E-state index in [0.29, 0.717) is 12.5 Å². The van der Waals surface area contributed by atoms with Crippen molar-refractivity contribution in [3.05, 3.63) is 40.9 Å². The predicted molar refractivity (Wildman–Crippen MR) is 102 cm³/mol. The quantitative estimate of drug-likeness (QED) is 0.905. The van der Waals surface area contributed by atoms with Crippen LogP contribution >= 0.6 is 23.7 Å². The Bertz CT molecular complexity index is 671. The summed E-state index contributed by atoms with van der Waals surface area (Å²) in [5.41, 5.74) is 3.33. The molecule has 1 aliphatic rings. The Morgan fingerprint density at radius 3 is 2.79 bits per heavy atom. The van der Waals surface area contributed by atoms with Crippen LogP contribution in [0.15, 0.2) is 29.6 Å². The fraction of sp³-hybridized carbons (Fsp3) is 0.444. The number of hydrogen-bond acceptors (Lipinski definition) is 4. The Morgan fingerprint density at radius 1 is 1.38 bits per heavy atom. The minimum absolute atomic E-state index is 0. The van der Waals surface area contributed by atoms with Gasteiger partial charge in [0, 0.05) is 36.6 Å². The van der Waals surface area contributed by atoms with Crippen molar-refractivity contribution in [3.8, 4) is 10.6 Å². The third-order valence-electron chi connectivity index (χ3n) is 4.21. The van der Waals surface area contributed by atoms with Crippen molar-refractivity contribution in [1.29, 1.82) is 0 Å². The molecule has 6 heteroatoms. The van der Waals surface area contributed by atoms with Crippen LogP contribution in [0.4, 0.5) is 0 Å². The first-order valence-corrected chi connectivity index (χ1v) is 9.08. The summed E-state index contributed by atoms with van der Waals surface area (Å²) in [6.45, 7) is 6.71. The number of nitrogens with one attached hydrogen (secondary N) is 1. The maximum Gasteiger partial charge on any atom is 0.228 e. The van der Waals surface area contributed by atoms with Crippen LogP contribution in [0.3, 0.4) is 0 Å². The molecule has 1 saturated heterocycles. The van der Waals surface area contributed by atoms with Gasteiger partial charge in [0.2, 0.25) is 5.91 Å². The van der Waals surface area contributed by atoms with Crippen LogP contribution in [0.1, 0.15) is 25.1 Å². The van der Waals surface area contributed by atoms with Crippen molar-refractivity contribution >= 4 is 29.7 Å². The molecule has 1 aliphatic heterocycles. The molecular formula is C18H24ClN3OS. The van der Waals surface area contributed by atoms with E-state index in [0.717, 1.165) is 42.3 Å². The normalized spacial score (nSPS) is 17.4. The number of thiazole rings is 1. The zero-order valence-corrected chi connectivity index (χ0v) is 15.8. The number of aromatic nitrogens is 1. The van der Waals surface area contributed by atoms with Gasteiger partial charge in [0.1, 0.15) is 5.01 Å². The Balaban J connectivity index is 0.00000208. The van der Waals surface area contributed by atoms with Gasteiger partial charge in [-0.05, 0) is 18.9 Å². The highest BCUT2D eigenvalue weighted by Gasteiger charge is 2.21. The van der Waals surface area contributed by atoms with E-state index >= 15 is 0 Å². The lowest BCUT2D eigenvalue weighted by atomic mass is 10.1. The average molecular weight is 366 g/mol. The first-order valence-electron chi connectivity index (χ1n) is 8.20. The van der Waals surface area contributed by atoms with Gasteiger partial charge in [0.25, 0.3) is 0 Å². The van der Waals surface area contributed by atoms with Gasteiger partial charge >= 0.3 is 0 Å². The molecule has 0 spiro atoms. The lowest BCUT2D eigenvalue weighted by Crippen LogP contribution is -2.51. The summed E-state index contributed by atoms with van der Waals surface area (Å²) >= 11 is 1.61. The van der Waals surface area contributed by atoms with Crippen LogP contribution in [-0.2, 0) is 17.6 Å². The number of benzene rings is 1. The van der Waals surface area contributed by atoms with Crippen LogP contribution in [0.25, 0.3) is 10.6 Å². The van der Waals surface area contributed by atoms with E-state index in [4.69, 9.17) is 0 Å². The molecule has 24 heavy (non-hydrogen) atoms. The van der Waals surface area contributed by atoms with Crippen LogP contribution < -0.4 is 5.32 Å². The van der Waals surface area contributed by atoms with E-state index in [9.17, 15) is 4.79 Å². The van der Waals surface area contributed by atoms with Crippen LogP contribution in [0.5, 0.6) is 0 Å². The summed E-state index contributed by atoms with van der Waals surface area (Å²) in [6.07, 6.45) is 1.44. The third-order valence-corrected chi connectivity index (χ3v) is 5.15. The smallest absolute Gasteiger partial charge is 0.228 e. The molecule has 0 bridgehead atoms. The fourth-order valence-corrected chi connectivity index (χ4v) is 3.66. The van der Waals surface area contributed by atoms with Gasteiger partial charge in [0.15, 0.2) is 0 Å². The molecule has 1 unspecified atom stereocenters. The molecule has 130 valence electrons.